The van der Waals surface area contributed by atoms with Crippen LogP contribution in [-0.4, -0.2) is 35.7 Å². The molecule has 0 saturated carbocycles. The van der Waals surface area contributed by atoms with E-state index in [1.807, 2.05) is 13.0 Å². The Morgan fingerprint density at radius 1 is 1.38 bits per heavy atom. The first-order valence-electron chi connectivity index (χ1n) is 6.81. The summed E-state index contributed by atoms with van der Waals surface area (Å²) in [5.74, 6) is -1.15. The van der Waals surface area contributed by atoms with Gasteiger partial charge < -0.3 is 15.2 Å². The van der Waals surface area contributed by atoms with Crippen molar-refractivity contribution < 1.29 is 19.4 Å². The number of amides is 1. The molecule has 2 N–H and O–H groups in total. The molecule has 21 heavy (non-hydrogen) atoms. The van der Waals surface area contributed by atoms with Crippen molar-refractivity contribution in [3.05, 3.63) is 33.8 Å². The number of carbonyl (C=O) groups excluding carboxylic acids is 1. The maximum absolute atomic E-state index is 12.5. The van der Waals surface area contributed by atoms with E-state index in [1.165, 1.54) is 0 Å². The Balaban J connectivity index is 2.21. The average Bonchev–Trinajstić information content (AvgIpc) is 2.41. The second kappa shape index (κ2) is 6.58. The van der Waals surface area contributed by atoms with Crippen LogP contribution in [0.4, 0.5) is 0 Å². The van der Waals surface area contributed by atoms with Crippen LogP contribution < -0.4 is 5.32 Å². The van der Waals surface area contributed by atoms with Crippen LogP contribution in [0.25, 0.3) is 0 Å². The quantitative estimate of drug-likeness (QED) is 0.869. The minimum Gasteiger partial charge on any atom is -0.481 e. The number of ether oxygens (including phenoxy) is 1. The summed E-state index contributed by atoms with van der Waals surface area (Å²) in [5, 5.41) is 12.0. The molecule has 1 amide bonds. The highest BCUT2D eigenvalue weighted by atomic mass is 79.9. The zero-order chi connectivity index (χ0) is 15.5. The van der Waals surface area contributed by atoms with Gasteiger partial charge in [-0.25, -0.2) is 0 Å². The number of nitrogens with one attached hydrogen (secondary N) is 1. The highest BCUT2D eigenvalue weighted by Crippen LogP contribution is 2.26. The third kappa shape index (κ3) is 3.83. The summed E-state index contributed by atoms with van der Waals surface area (Å²) in [6.45, 7) is 2.78. The van der Waals surface area contributed by atoms with E-state index in [2.05, 4.69) is 21.2 Å². The maximum atomic E-state index is 12.5. The van der Waals surface area contributed by atoms with Gasteiger partial charge >= 0.3 is 5.97 Å². The summed E-state index contributed by atoms with van der Waals surface area (Å²) < 4.78 is 6.14. The lowest BCUT2D eigenvalue weighted by Crippen LogP contribution is -2.53. The van der Waals surface area contributed by atoms with Crippen molar-refractivity contribution in [3.8, 4) is 0 Å². The van der Waals surface area contributed by atoms with Gasteiger partial charge in [0, 0.05) is 23.2 Å². The van der Waals surface area contributed by atoms with Crippen LogP contribution in [0.15, 0.2) is 22.7 Å². The first-order valence-corrected chi connectivity index (χ1v) is 7.60. The van der Waals surface area contributed by atoms with Gasteiger partial charge in [-0.05, 0) is 37.5 Å². The summed E-state index contributed by atoms with van der Waals surface area (Å²) in [4.78, 5) is 23.6. The number of hydrogen-bond acceptors (Lipinski definition) is 3. The lowest BCUT2D eigenvalue weighted by atomic mass is 9.86. The van der Waals surface area contributed by atoms with Crippen molar-refractivity contribution in [2.75, 3.05) is 13.2 Å². The fourth-order valence-corrected chi connectivity index (χ4v) is 2.93. The standard InChI is InChI=1S/C15H18BrNO4/c1-10-11(3-2-4-12(10)16)14(20)17-15(9-13(18)19)5-7-21-8-6-15/h2-4H,5-9H2,1H3,(H,17,20)(H,18,19). The number of hydrogen-bond donors (Lipinski definition) is 2. The molecule has 1 aliphatic heterocycles. The highest BCUT2D eigenvalue weighted by Gasteiger charge is 2.36. The van der Waals surface area contributed by atoms with Crippen LogP contribution in [-0.2, 0) is 9.53 Å². The van der Waals surface area contributed by atoms with Crippen LogP contribution in [0.3, 0.4) is 0 Å². The van der Waals surface area contributed by atoms with Gasteiger partial charge in [-0.3, -0.25) is 9.59 Å². The first-order chi connectivity index (χ1) is 9.93. The van der Waals surface area contributed by atoms with Gasteiger partial charge in [0.05, 0.1) is 12.0 Å². The van der Waals surface area contributed by atoms with Gasteiger partial charge in [0.2, 0.25) is 0 Å². The molecule has 114 valence electrons. The van der Waals surface area contributed by atoms with Gasteiger partial charge in [0.1, 0.15) is 0 Å². The molecule has 0 atom stereocenters. The minimum atomic E-state index is -0.914. The number of carbonyl (C=O) groups is 2. The van der Waals surface area contributed by atoms with Crippen molar-refractivity contribution in [3.63, 3.8) is 0 Å². The number of halogens is 1. The molecule has 2 rings (SSSR count). The SMILES string of the molecule is Cc1c(Br)cccc1C(=O)NC1(CC(=O)O)CCOCC1. The zero-order valence-corrected chi connectivity index (χ0v) is 13.4. The summed E-state index contributed by atoms with van der Waals surface area (Å²) >= 11 is 3.40. The normalized spacial score (nSPS) is 17.2. The second-order valence-electron chi connectivity index (χ2n) is 5.33. The molecule has 5 nitrogen and oxygen atoms in total. The topological polar surface area (TPSA) is 75.6 Å². The number of rotatable bonds is 4. The molecular weight excluding hydrogens is 338 g/mol. The van der Waals surface area contributed by atoms with E-state index < -0.39 is 11.5 Å². The van der Waals surface area contributed by atoms with Crippen molar-refractivity contribution in [1.29, 1.82) is 0 Å². The predicted molar refractivity (Wildman–Crippen MR) is 81.4 cm³/mol. The lowest BCUT2D eigenvalue weighted by Gasteiger charge is -2.37. The fraction of sp³-hybridized carbons (Fsp3) is 0.467. The summed E-state index contributed by atoms with van der Waals surface area (Å²) in [6.07, 6.45) is 0.936. The van der Waals surface area contributed by atoms with Gasteiger partial charge in [-0.1, -0.05) is 22.0 Å². The Hall–Kier alpha value is -1.40. The first kappa shape index (κ1) is 16.0. The van der Waals surface area contributed by atoms with Gasteiger partial charge in [-0.2, -0.15) is 0 Å². The van der Waals surface area contributed by atoms with Crippen molar-refractivity contribution in [2.45, 2.75) is 31.7 Å². The molecule has 0 radical (unpaired) electrons. The monoisotopic (exact) mass is 355 g/mol. The van der Waals surface area contributed by atoms with E-state index in [9.17, 15) is 9.59 Å². The van der Waals surface area contributed by atoms with Gasteiger partial charge in [0.25, 0.3) is 5.91 Å². The van der Waals surface area contributed by atoms with Crippen molar-refractivity contribution >= 4 is 27.8 Å². The summed E-state index contributed by atoms with van der Waals surface area (Å²) in [7, 11) is 0. The third-order valence-corrected chi connectivity index (χ3v) is 4.69. The van der Waals surface area contributed by atoms with Crippen LogP contribution in [0.2, 0.25) is 0 Å². The number of carboxylic acids is 1. The van der Waals surface area contributed by atoms with E-state index in [0.29, 0.717) is 31.6 Å². The van der Waals surface area contributed by atoms with Crippen LogP contribution >= 0.6 is 15.9 Å². The smallest absolute Gasteiger partial charge is 0.305 e. The minimum absolute atomic E-state index is 0.0881. The summed E-state index contributed by atoms with van der Waals surface area (Å²) in [6, 6.07) is 5.40. The van der Waals surface area contributed by atoms with E-state index in [0.717, 1.165) is 10.0 Å². The Bertz CT molecular complexity index is 553. The molecular formula is C15H18BrNO4. The summed E-state index contributed by atoms with van der Waals surface area (Å²) in [5.41, 5.74) is 0.670. The van der Waals surface area contributed by atoms with Crippen LogP contribution in [0.1, 0.15) is 35.2 Å². The molecule has 6 heteroatoms. The average molecular weight is 356 g/mol. The van der Waals surface area contributed by atoms with Crippen molar-refractivity contribution in [2.24, 2.45) is 0 Å². The Morgan fingerprint density at radius 2 is 2.05 bits per heavy atom. The van der Waals surface area contributed by atoms with Crippen molar-refractivity contribution in [1.82, 2.24) is 5.32 Å². The number of aliphatic carboxylic acids is 1. The molecule has 0 aromatic heterocycles. The maximum Gasteiger partial charge on any atom is 0.305 e. The third-order valence-electron chi connectivity index (χ3n) is 3.83. The van der Waals surface area contributed by atoms with E-state index in [4.69, 9.17) is 9.84 Å². The Labute approximate surface area is 131 Å². The second-order valence-corrected chi connectivity index (χ2v) is 6.18. The van der Waals surface area contributed by atoms with Crippen LogP contribution in [0, 0.1) is 6.92 Å². The number of benzene rings is 1. The molecule has 1 heterocycles. The Morgan fingerprint density at radius 3 is 2.67 bits per heavy atom. The molecule has 0 aliphatic carbocycles. The van der Waals surface area contributed by atoms with Crippen LogP contribution in [0.5, 0.6) is 0 Å². The molecule has 0 bridgehead atoms. The molecule has 0 spiro atoms. The molecule has 1 aliphatic rings. The van der Waals surface area contributed by atoms with E-state index in [-0.39, 0.29) is 12.3 Å². The molecule has 1 aromatic carbocycles. The van der Waals surface area contributed by atoms with Gasteiger partial charge in [0.15, 0.2) is 0 Å². The molecule has 1 saturated heterocycles. The highest BCUT2D eigenvalue weighted by molar-refractivity contribution is 9.10. The molecule has 0 unspecified atom stereocenters. The molecule has 1 fully saturated rings. The van der Waals surface area contributed by atoms with Gasteiger partial charge in [-0.15, -0.1) is 0 Å². The molecule has 1 aromatic rings. The largest absolute Gasteiger partial charge is 0.481 e. The zero-order valence-electron chi connectivity index (χ0n) is 11.8. The Kier molecular flexibility index (Phi) is 5.00. The number of carboxylic acid groups (broad SMARTS) is 1. The fourth-order valence-electron chi connectivity index (χ4n) is 2.56. The predicted octanol–water partition coefficient (Wildman–Crippen LogP) is 2.51. The van der Waals surface area contributed by atoms with E-state index in [1.54, 1.807) is 12.1 Å². The van der Waals surface area contributed by atoms with E-state index >= 15 is 0 Å². The lowest BCUT2D eigenvalue weighted by molar-refractivity contribution is -0.139.